The fourth-order valence-electron chi connectivity index (χ4n) is 5.68. The van der Waals surface area contributed by atoms with E-state index in [1.165, 1.54) is 0 Å². The van der Waals surface area contributed by atoms with Crippen molar-refractivity contribution in [1.29, 1.82) is 0 Å². The van der Waals surface area contributed by atoms with E-state index in [2.05, 4.69) is 133 Å². The second-order valence-electron chi connectivity index (χ2n) is 12.5. The van der Waals surface area contributed by atoms with Crippen LogP contribution in [-0.4, -0.2) is 24.7 Å². The summed E-state index contributed by atoms with van der Waals surface area (Å²) in [7, 11) is -5.42. The SMILES string of the molecule is CC[Si](CC)(CC)OC1(c2ccc(Cl)cc2)C=CC(O[Si](CC)(CC)CC)(c2ccc(C#C[Si](C)(C)C)cc2)C=C1. The molecule has 0 saturated heterocycles. The number of halogens is 1. The van der Waals surface area contributed by atoms with E-state index in [0.717, 1.165) is 58.0 Å². The molecule has 0 bridgehead atoms. The second-order valence-corrected chi connectivity index (χ2v) is 27.1. The molecule has 0 atom stereocenters. The minimum atomic E-state index is -1.99. The van der Waals surface area contributed by atoms with Gasteiger partial charge in [-0.25, -0.2) is 0 Å². The zero-order valence-electron chi connectivity index (χ0n) is 26.9. The molecule has 0 amide bonds. The lowest BCUT2D eigenvalue weighted by Crippen LogP contribution is -2.48. The van der Waals surface area contributed by atoms with E-state index in [-0.39, 0.29) is 0 Å². The second kappa shape index (κ2) is 13.8. The van der Waals surface area contributed by atoms with Crippen molar-refractivity contribution in [3.05, 3.63) is 94.5 Å². The molecule has 2 aromatic rings. The highest BCUT2D eigenvalue weighted by Gasteiger charge is 2.45. The Hall–Kier alpha value is -1.66. The lowest BCUT2D eigenvalue weighted by atomic mass is 9.81. The average molecular weight is 624 g/mol. The Morgan fingerprint density at radius 2 is 0.927 bits per heavy atom. The van der Waals surface area contributed by atoms with Gasteiger partial charge in [-0.2, -0.15) is 0 Å². The summed E-state index contributed by atoms with van der Waals surface area (Å²) in [4.78, 5) is 0. The van der Waals surface area contributed by atoms with Crippen LogP contribution >= 0.6 is 11.6 Å². The van der Waals surface area contributed by atoms with Gasteiger partial charge in [0.1, 0.15) is 19.3 Å². The van der Waals surface area contributed by atoms with Gasteiger partial charge in [0.05, 0.1) is 0 Å². The van der Waals surface area contributed by atoms with Crippen LogP contribution in [0.1, 0.15) is 58.2 Å². The Balaban J connectivity index is 2.18. The predicted molar refractivity (Wildman–Crippen MR) is 186 cm³/mol. The lowest BCUT2D eigenvalue weighted by molar-refractivity contribution is 0.121. The number of rotatable bonds is 12. The maximum Gasteiger partial charge on any atom is 0.194 e. The molecule has 0 N–H and O–H groups in total. The highest BCUT2D eigenvalue weighted by Crippen LogP contribution is 2.45. The first-order chi connectivity index (χ1) is 19.4. The van der Waals surface area contributed by atoms with Gasteiger partial charge in [-0.15, -0.1) is 5.54 Å². The third-order valence-electron chi connectivity index (χ3n) is 9.01. The van der Waals surface area contributed by atoms with E-state index in [4.69, 9.17) is 20.5 Å². The predicted octanol–water partition coefficient (Wildman–Crippen LogP) is 10.8. The molecular weight excluding hydrogens is 572 g/mol. The van der Waals surface area contributed by atoms with Crippen LogP contribution in [0, 0.1) is 11.5 Å². The van der Waals surface area contributed by atoms with Crippen molar-refractivity contribution in [1.82, 2.24) is 0 Å². The molecule has 0 aliphatic heterocycles. The molecule has 0 saturated carbocycles. The first-order valence-corrected chi connectivity index (χ1v) is 24.5. The maximum absolute atomic E-state index is 7.38. The topological polar surface area (TPSA) is 18.5 Å². The quantitative estimate of drug-likeness (QED) is 0.133. The van der Waals surface area contributed by atoms with Crippen molar-refractivity contribution in [2.75, 3.05) is 0 Å². The van der Waals surface area contributed by atoms with E-state index in [9.17, 15) is 0 Å². The fourth-order valence-corrected chi connectivity index (χ4v) is 12.1. The van der Waals surface area contributed by atoms with Gasteiger partial charge in [-0.1, -0.05) is 103 Å². The van der Waals surface area contributed by atoms with Crippen LogP contribution in [0.5, 0.6) is 0 Å². The van der Waals surface area contributed by atoms with Crippen LogP contribution < -0.4 is 0 Å². The summed E-state index contributed by atoms with van der Waals surface area (Å²) >= 11 is 6.33. The molecule has 0 aromatic heterocycles. The molecule has 222 valence electrons. The summed E-state index contributed by atoms with van der Waals surface area (Å²) in [5, 5.41) is 0.734. The summed E-state index contributed by atoms with van der Waals surface area (Å²) in [6, 6.07) is 23.4. The summed E-state index contributed by atoms with van der Waals surface area (Å²) in [6.07, 6.45) is 9.12. The van der Waals surface area contributed by atoms with Crippen LogP contribution in [0.2, 0.25) is 60.9 Å². The molecule has 0 fully saturated rings. The molecule has 6 heteroatoms. The molecular formula is C35H51ClO2Si3. The molecule has 0 heterocycles. The molecule has 41 heavy (non-hydrogen) atoms. The van der Waals surface area contributed by atoms with E-state index < -0.39 is 35.9 Å². The number of benzene rings is 2. The fraction of sp³-hybridized carbons (Fsp3) is 0.486. The Morgan fingerprint density at radius 1 is 0.585 bits per heavy atom. The van der Waals surface area contributed by atoms with E-state index in [0.29, 0.717) is 0 Å². The largest absolute Gasteiger partial charge is 0.401 e. The standard InChI is InChI=1S/C35H51ClO2Si3/c1-10-40(11-2,12-3)37-34(31-18-16-30(17-19-31)24-29-39(7,8)9)25-27-35(28-26-34,32-20-22-33(36)23-21-32)38-41(13-4,14-5)15-6/h16-23,25-28H,10-15H2,1-9H3. The van der Waals surface area contributed by atoms with Gasteiger partial charge in [0, 0.05) is 10.6 Å². The van der Waals surface area contributed by atoms with Crippen LogP contribution in [-0.2, 0) is 20.1 Å². The molecule has 1 aliphatic rings. The molecule has 3 rings (SSSR count). The van der Waals surface area contributed by atoms with Crippen molar-refractivity contribution >= 4 is 36.3 Å². The number of hydrogen-bond acceptors (Lipinski definition) is 2. The van der Waals surface area contributed by atoms with Gasteiger partial charge in [0.2, 0.25) is 0 Å². The monoisotopic (exact) mass is 622 g/mol. The third kappa shape index (κ3) is 7.84. The first kappa shape index (κ1) is 33.8. The van der Waals surface area contributed by atoms with E-state index in [1.807, 2.05) is 12.1 Å². The Kier molecular flexibility index (Phi) is 11.4. The molecule has 1 aliphatic carbocycles. The summed E-state index contributed by atoms with van der Waals surface area (Å²) in [5.74, 6) is 3.41. The van der Waals surface area contributed by atoms with Gasteiger partial charge >= 0.3 is 0 Å². The Bertz CT molecular complexity index is 1230. The summed E-state index contributed by atoms with van der Waals surface area (Å²) < 4.78 is 14.7. The smallest absolute Gasteiger partial charge is 0.194 e. The minimum absolute atomic E-state index is 0.646. The van der Waals surface area contributed by atoms with Gasteiger partial charge < -0.3 is 8.85 Å². The molecule has 2 nitrogen and oxygen atoms in total. The van der Waals surface area contributed by atoms with Crippen molar-refractivity contribution < 1.29 is 8.85 Å². The van der Waals surface area contributed by atoms with Crippen LogP contribution in [0.4, 0.5) is 0 Å². The summed E-state index contributed by atoms with van der Waals surface area (Å²) in [5.41, 5.74) is 5.51. The molecule has 0 unspecified atom stereocenters. The van der Waals surface area contributed by atoms with Crippen molar-refractivity contribution in [2.45, 2.75) is 109 Å². The van der Waals surface area contributed by atoms with Crippen molar-refractivity contribution in [3.63, 3.8) is 0 Å². The van der Waals surface area contributed by atoms with Gasteiger partial charge in [0.25, 0.3) is 0 Å². The Morgan fingerprint density at radius 3 is 1.24 bits per heavy atom. The minimum Gasteiger partial charge on any atom is -0.401 e. The lowest BCUT2D eigenvalue weighted by Gasteiger charge is -2.45. The first-order valence-electron chi connectivity index (χ1n) is 15.6. The van der Waals surface area contributed by atoms with Crippen LogP contribution in [0.15, 0.2) is 72.8 Å². The zero-order valence-corrected chi connectivity index (χ0v) is 30.6. The van der Waals surface area contributed by atoms with Gasteiger partial charge in [-0.3, -0.25) is 0 Å². The third-order valence-corrected chi connectivity index (χ3v) is 19.4. The normalized spacial score (nSPS) is 21.0. The highest BCUT2D eigenvalue weighted by molar-refractivity contribution is 6.83. The van der Waals surface area contributed by atoms with Crippen LogP contribution in [0.3, 0.4) is 0 Å². The van der Waals surface area contributed by atoms with Crippen LogP contribution in [0.25, 0.3) is 0 Å². The van der Waals surface area contributed by atoms with Crippen molar-refractivity contribution in [2.24, 2.45) is 0 Å². The maximum atomic E-state index is 7.38. The zero-order chi connectivity index (χ0) is 30.4. The molecule has 0 radical (unpaired) electrons. The average Bonchev–Trinajstić information content (AvgIpc) is 2.99. The van der Waals surface area contributed by atoms with E-state index >= 15 is 0 Å². The van der Waals surface area contributed by atoms with Gasteiger partial charge in [-0.05, 0) is 96.0 Å². The Labute approximate surface area is 258 Å². The van der Waals surface area contributed by atoms with Gasteiger partial charge in [0.15, 0.2) is 16.6 Å². The van der Waals surface area contributed by atoms with E-state index in [1.54, 1.807) is 0 Å². The molecule has 2 aromatic carbocycles. The number of hydrogen-bond donors (Lipinski definition) is 0. The summed E-state index contributed by atoms with van der Waals surface area (Å²) in [6.45, 7) is 20.6. The highest BCUT2D eigenvalue weighted by atomic mass is 35.5. The van der Waals surface area contributed by atoms with Crippen molar-refractivity contribution in [3.8, 4) is 11.5 Å². The molecule has 0 spiro atoms.